The van der Waals surface area contributed by atoms with Crippen LogP contribution in [0.2, 0.25) is 0 Å². The SMILES string of the molecule is CNc1ccc(Oc2ncc([N+](=O)[O-])cc2Br)cc1. The average Bonchev–Trinajstić information content (AvgIpc) is 2.41. The second-order valence-electron chi connectivity index (χ2n) is 3.61. The van der Waals surface area contributed by atoms with Crippen LogP contribution in [0.25, 0.3) is 0 Å². The second kappa shape index (κ2) is 5.66. The second-order valence-corrected chi connectivity index (χ2v) is 4.47. The van der Waals surface area contributed by atoms with Crippen LogP contribution in [-0.2, 0) is 0 Å². The van der Waals surface area contributed by atoms with E-state index in [4.69, 9.17) is 4.74 Å². The van der Waals surface area contributed by atoms with Crippen LogP contribution >= 0.6 is 15.9 Å². The lowest BCUT2D eigenvalue weighted by Crippen LogP contribution is -1.93. The van der Waals surface area contributed by atoms with Gasteiger partial charge in [-0.1, -0.05) is 0 Å². The fourth-order valence-electron chi connectivity index (χ4n) is 1.39. The summed E-state index contributed by atoms with van der Waals surface area (Å²) >= 11 is 3.20. The van der Waals surface area contributed by atoms with E-state index in [1.165, 1.54) is 6.07 Å². The molecule has 0 saturated carbocycles. The molecule has 0 amide bonds. The smallest absolute Gasteiger partial charge is 0.288 e. The molecule has 1 N–H and O–H groups in total. The molecular weight excluding hydrogens is 314 g/mol. The standard InChI is InChI=1S/C12H10BrN3O3/c1-14-8-2-4-10(5-3-8)19-12-11(13)6-9(7-15-12)16(17)18/h2-7,14H,1H3. The van der Waals surface area contributed by atoms with Crippen molar-refractivity contribution in [3.05, 3.63) is 51.1 Å². The highest BCUT2D eigenvalue weighted by Crippen LogP contribution is 2.30. The molecule has 6 nitrogen and oxygen atoms in total. The van der Waals surface area contributed by atoms with E-state index in [0.717, 1.165) is 11.9 Å². The van der Waals surface area contributed by atoms with Gasteiger partial charge in [0.05, 0.1) is 9.40 Å². The first kappa shape index (κ1) is 13.3. The molecule has 2 rings (SSSR count). The zero-order chi connectivity index (χ0) is 13.8. The first-order chi connectivity index (χ1) is 9.10. The van der Waals surface area contributed by atoms with Crippen LogP contribution < -0.4 is 10.1 Å². The fourth-order valence-corrected chi connectivity index (χ4v) is 1.81. The number of aromatic nitrogens is 1. The lowest BCUT2D eigenvalue weighted by Gasteiger charge is -2.07. The summed E-state index contributed by atoms with van der Waals surface area (Å²) in [6.45, 7) is 0. The Morgan fingerprint density at radius 2 is 2.05 bits per heavy atom. The zero-order valence-electron chi connectivity index (χ0n) is 9.96. The Balaban J connectivity index is 2.20. The molecule has 98 valence electrons. The lowest BCUT2D eigenvalue weighted by atomic mass is 10.3. The normalized spacial score (nSPS) is 10.0. The van der Waals surface area contributed by atoms with Gasteiger partial charge in [-0.05, 0) is 40.2 Å². The number of pyridine rings is 1. The van der Waals surface area contributed by atoms with Crippen LogP contribution in [0, 0.1) is 10.1 Å². The number of nitrogens with one attached hydrogen (secondary N) is 1. The van der Waals surface area contributed by atoms with Crippen molar-refractivity contribution in [2.45, 2.75) is 0 Å². The molecule has 0 aliphatic heterocycles. The molecule has 2 aromatic rings. The highest BCUT2D eigenvalue weighted by Gasteiger charge is 2.12. The molecule has 0 fully saturated rings. The molecule has 0 aliphatic rings. The van der Waals surface area contributed by atoms with E-state index >= 15 is 0 Å². The molecule has 0 aliphatic carbocycles. The van der Waals surface area contributed by atoms with Gasteiger partial charge >= 0.3 is 0 Å². The predicted octanol–water partition coefficient (Wildman–Crippen LogP) is 3.59. The summed E-state index contributed by atoms with van der Waals surface area (Å²) in [5, 5.41) is 13.6. The summed E-state index contributed by atoms with van der Waals surface area (Å²) in [7, 11) is 1.82. The first-order valence-corrected chi connectivity index (χ1v) is 6.15. The molecule has 7 heteroatoms. The molecule has 0 unspecified atom stereocenters. The van der Waals surface area contributed by atoms with Crippen LogP contribution in [0.1, 0.15) is 0 Å². The van der Waals surface area contributed by atoms with E-state index in [9.17, 15) is 10.1 Å². The summed E-state index contributed by atoms with van der Waals surface area (Å²) in [5.74, 6) is 0.879. The fraction of sp³-hybridized carbons (Fsp3) is 0.0833. The number of anilines is 1. The Morgan fingerprint density at radius 1 is 1.37 bits per heavy atom. The van der Waals surface area contributed by atoms with Crippen molar-refractivity contribution in [3.8, 4) is 11.6 Å². The van der Waals surface area contributed by atoms with Crippen LogP contribution in [0.15, 0.2) is 41.0 Å². The maximum absolute atomic E-state index is 10.6. The Hall–Kier alpha value is -2.15. The van der Waals surface area contributed by atoms with E-state index in [1.54, 1.807) is 12.1 Å². The van der Waals surface area contributed by atoms with Gasteiger partial charge in [-0.25, -0.2) is 4.98 Å². The van der Waals surface area contributed by atoms with Crippen molar-refractivity contribution in [1.82, 2.24) is 4.98 Å². The number of rotatable bonds is 4. The third-order valence-corrected chi connectivity index (χ3v) is 2.93. The van der Waals surface area contributed by atoms with E-state index in [1.807, 2.05) is 19.2 Å². The summed E-state index contributed by atoms with van der Waals surface area (Å²) in [5.41, 5.74) is 0.868. The number of nitrogens with zero attached hydrogens (tertiary/aromatic N) is 2. The maximum atomic E-state index is 10.6. The lowest BCUT2D eigenvalue weighted by molar-refractivity contribution is -0.385. The summed E-state index contributed by atoms with van der Waals surface area (Å²) in [6.07, 6.45) is 1.15. The Morgan fingerprint density at radius 3 is 2.58 bits per heavy atom. The monoisotopic (exact) mass is 323 g/mol. The van der Waals surface area contributed by atoms with Gasteiger partial charge in [0.25, 0.3) is 5.69 Å². The first-order valence-electron chi connectivity index (χ1n) is 5.36. The highest BCUT2D eigenvalue weighted by atomic mass is 79.9. The number of ether oxygens (including phenoxy) is 1. The number of hydrogen-bond acceptors (Lipinski definition) is 5. The third-order valence-electron chi connectivity index (χ3n) is 2.36. The molecular formula is C12H10BrN3O3. The van der Waals surface area contributed by atoms with Gasteiger partial charge in [-0.15, -0.1) is 0 Å². The van der Waals surface area contributed by atoms with Crippen LogP contribution in [0.4, 0.5) is 11.4 Å². The molecule has 1 heterocycles. The Kier molecular flexibility index (Phi) is 3.96. The summed E-state index contributed by atoms with van der Waals surface area (Å²) < 4.78 is 5.96. The van der Waals surface area contributed by atoms with E-state index in [0.29, 0.717) is 10.2 Å². The van der Waals surface area contributed by atoms with Crippen LogP contribution in [0.3, 0.4) is 0 Å². The molecule has 19 heavy (non-hydrogen) atoms. The van der Waals surface area contributed by atoms with Crippen molar-refractivity contribution in [2.24, 2.45) is 0 Å². The number of benzene rings is 1. The number of halogens is 1. The topological polar surface area (TPSA) is 77.3 Å². The molecule has 0 atom stereocenters. The van der Waals surface area contributed by atoms with Gasteiger partial charge < -0.3 is 10.1 Å². The molecule has 0 bridgehead atoms. The van der Waals surface area contributed by atoms with Gasteiger partial charge in [0, 0.05) is 18.8 Å². The van der Waals surface area contributed by atoms with Crippen LogP contribution in [-0.4, -0.2) is 17.0 Å². The summed E-state index contributed by atoms with van der Waals surface area (Å²) in [6, 6.07) is 8.62. The average molecular weight is 324 g/mol. The quantitative estimate of drug-likeness (QED) is 0.687. The van der Waals surface area contributed by atoms with E-state index in [2.05, 4.69) is 26.2 Å². The third kappa shape index (κ3) is 3.19. The van der Waals surface area contributed by atoms with Crippen molar-refractivity contribution in [1.29, 1.82) is 0 Å². The predicted molar refractivity (Wildman–Crippen MR) is 74.7 cm³/mol. The molecule has 0 spiro atoms. The van der Waals surface area contributed by atoms with Gasteiger partial charge in [-0.3, -0.25) is 10.1 Å². The minimum Gasteiger partial charge on any atom is -0.438 e. The number of hydrogen-bond donors (Lipinski definition) is 1. The zero-order valence-corrected chi connectivity index (χ0v) is 11.5. The van der Waals surface area contributed by atoms with Crippen LogP contribution in [0.5, 0.6) is 11.6 Å². The van der Waals surface area contributed by atoms with Gasteiger partial charge in [0.1, 0.15) is 11.9 Å². The van der Waals surface area contributed by atoms with E-state index < -0.39 is 4.92 Å². The molecule has 0 radical (unpaired) electrons. The largest absolute Gasteiger partial charge is 0.438 e. The Bertz CT molecular complexity index is 602. The van der Waals surface area contributed by atoms with Crippen molar-refractivity contribution < 1.29 is 9.66 Å². The van der Waals surface area contributed by atoms with Gasteiger partial charge in [0.2, 0.25) is 5.88 Å². The van der Waals surface area contributed by atoms with Gasteiger partial charge in [0.15, 0.2) is 0 Å². The van der Waals surface area contributed by atoms with Crippen molar-refractivity contribution in [2.75, 3.05) is 12.4 Å². The van der Waals surface area contributed by atoms with Crippen molar-refractivity contribution >= 4 is 27.3 Å². The molecule has 1 aromatic heterocycles. The minimum atomic E-state index is -0.511. The summed E-state index contributed by atoms with van der Waals surface area (Å²) in [4.78, 5) is 14.0. The Labute approximate surface area is 117 Å². The minimum absolute atomic E-state index is 0.0928. The van der Waals surface area contributed by atoms with E-state index in [-0.39, 0.29) is 11.6 Å². The van der Waals surface area contributed by atoms with Crippen molar-refractivity contribution in [3.63, 3.8) is 0 Å². The molecule has 0 saturated heterocycles. The number of nitro groups is 1. The highest BCUT2D eigenvalue weighted by molar-refractivity contribution is 9.10. The maximum Gasteiger partial charge on any atom is 0.288 e. The molecule has 1 aromatic carbocycles. The van der Waals surface area contributed by atoms with Gasteiger partial charge in [-0.2, -0.15) is 0 Å².